The Kier molecular flexibility index (Phi) is 51.4. The van der Waals surface area contributed by atoms with Crippen molar-refractivity contribution in [2.45, 2.75) is 0 Å². The Morgan fingerprint density at radius 3 is 1.00 bits per heavy atom. The fourth-order valence-corrected chi connectivity index (χ4v) is 0. The maximum Gasteiger partial charge on any atom is 2.00 e. The number of rotatable bonds is 0. The molecule has 0 bridgehead atoms. The first-order chi connectivity index (χ1) is 1.73. The molecule has 0 aliphatic heterocycles. The van der Waals surface area contributed by atoms with Crippen molar-refractivity contribution in [2.24, 2.45) is 0 Å². The van der Waals surface area contributed by atoms with Gasteiger partial charge in [0.2, 0.25) is 0 Å². The topological polar surface area (TPSA) is 60.7 Å². The van der Waals surface area contributed by atoms with Gasteiger partial charge < -0.3 is 15.1 Å². The Morgan fingerprint density at radius 1 is 1.00 bits per heavy atom. The molecule has 0 aromatic heterocycles. The molecule has 0 radical (unpaired) electrons. The van der Waals surface area contributed by atoms with E-state index in [4.69, 9.17) is 15.1 Å². The molecule has 3 nitrogen and oxygen atoms in total. The van der Waals surface area contributed by atoms with Gasteiger partial charge in [-0.05, 0) is 0 Å². The largest absolute Gasteiger partial charge is 2.00 e. The summed E-state index contributed by atoms with van der Waals surface area (Å²) in [5.74, 6) is 0. The molecule has 0 saturated carbocycles. The summed E-state index contributed by atoms with van der Waals surface area (Å²) in [7, 11) is -2.17. The summed E-state index contributed by atoms with van der Waals surface area (Å²) >= 11 is 0. The normalized spacial score (nSPS) is 3.86. The third-order valence-electron chi connectivity index (χ3n) is 0. The molecular weight excluding hydrogens is 230 g/mol. The van der Waals surface area contributed by atoms with E-state index in [2.05, 4.69) is 0 Å². The van der Waals surface area contributed by atoms with E-state index in [0.29, 0.717) is 0 Å². The first-order valence-electron chi connectivity index (χ1n) is 0.775. The molecule has 0 spiro atoms. The molecule has 3 N–H and O–H groups in total. The van der Waals surface area contributed by atoms with Crippen molar-refractivity contribution in [3.63, 3.8) is 0 Å². The SMILES string of the molecule is OB(O)O.[Ag+].[Ca+2].[Na+]. The van der Waals surface area contributed by atoms with Crippen LogP contribution in [0.1, 0.15) is 0 Å². The van der Waals surface area contributed by atoms with Crippen molar-refractivity contribution < 1.29 is 67.0 Å². The summed E-state index contributed by atoms with van der Waals surface area (Å²) in [6.45, 7) is 0. The van der Waals surface area contributed by atoms with Gasteiger partial charge in [0.15, 0.2) is 0 Å². The van der Waals surface area contributed by atoms with Crippen molar-refractivity contribution in [2.75, 3.05) is 0 Å². The molecule has 34 valence electrons. The van der Waals surface area contributed by atoms with Crippen LogP contribution in [0.3, 0.4) is 0 Å². The van der Waals surface area contributed by atoms with E-state index in [1.165, 1.54) is 0 Å². The van der Waals surface area contributed by atoms with Gasteiger partial charge in [0, 0.05) is 0 Å². The van der Waals surface area contributed by atoms with Crippen LogP contribution in [-0.2, 0) is 22.4 Å². The quantitative estimate of drug-likeness (QED) is 0.366. The predicted molar refractivity (Wildman–Crippen MR) is 18.2 cm³/mol. The average Bonchev–Trinajstić information content (AvgIpc) is 0.811. The van der Waals surface area contributed by atoms with Crippen molar-refractivity contribution in [1.82, 2.24) is 0 Å². The minimum absolute atomic E-state index is 0. The summed E-state index contributed by atoms with van der Waals surface area (Å²) in [5.41, 5.74) is 0. The smallest absolute Gasteiger partial charge is 0.402 e. The Labute approximate surface area is 110 Å². The van der Waals surface area contributed by atoms with Gasteiger partial charge in [-0.1, -0.05) is 0 Å². The number of hydrogen-bond acceptors (Lipinski definition) is 3. The predicted octanol–water partition coefficient (Wildman–Crippen LogP) is -5.43. The molecule has 0 aliphatic carbocycles. The molecule has 0 unspecified atom stereocenters. The summed E-state index contributed by atoms with van der Waals surface area (Å²) in [6.07, 6.45) is 0. The first-order valence-corrected chi connectivity index (χ1v) is 0.775. The summed E-state index contributed by atoms with van der Waals surface area (Å²) in [4.78, 5) is 0. The first kappa shape index (κ1) is 22.5. The Hall–Kier alpha value is 2.94. The molecule has 0 aromatic carbocycles. The van der Waals surface area contributed by atoms with Gasteiger partial charge in [0.05, 0.1) is 0 Å². The molecule has 0 fully saturated rings. The molecule has 0 rings (SSSR count). The van der Waals surface area contributed by atoms with E-state index in [9.17, 15) is 0 Å². The fourth-order valence-electron chi connectivity index (χ4n) is 0. The van der Waals surface area contributed by atoms with Gasteiger partial charge in [-0.2, -0.15) is 0 Å². The summed E-state index contributed by atoms with van der Waals surface area (Å²) < 4.78 is 0. The molecule has 0 saturated heterocycles. The molecule has 0 heterocycles. The Balaban J connectivity index is -0.0000000150. The average molecular weight is 233 g/mol. The molecule has 0 aliphatic rings. The van der Waals surface area contributed by atoms with Gasteiger partial charge >= 0.3 is 97.0 Å². The van der Waals surface area contributed by atoms with Gasteiger partial charge in [0.25, 0.3) is 0 Å². The zero-order chi connectivity index (χ0) is 3.58. The van der Waals surface area contributed by atoms with E-state index < -0.39 is 7.32 Å². The maximum atomic E-state index is 7.17. The van der Waals surface area contributed by atoms with Crippen LogP contribution < -0.4 is 29.6 Å². The van der Waals surface area contributed by atoms with Crippen LogP contribution in [-0.4, -0.2) is 60.1 Å². The van der Waals surface area contributed by atoms with Gasteiger partial charge in [-0.3, -0.25) is 0 Å². The van der Waals surface area contributed by atoms with E-state index in [1.807, 2.05) is 0 Å². The van der Waals surface area contributed by atoms with Crippen LogP contribution in [0.15, 0.2) is 0 Å². The van der Waals surface area contributed by atoms with Crippen LogP contribution in [0.4, 0.5) is 0 Å². The molecule has 7 heavy (non-hydrogen) atoms. The van der Waals surface area contributed by atoms with Crippen molar-refractivity contribution >= 4 is 45.1 Å². The third-order valence-corrected chi connectivity index (χ3v) is 0. The van der Waals surface area contributed by atoms with E-state index in [-0.39, 0.29) is 89.7 Å². The van der Waals surface area contributed by atoms with Crippen molar-refractivity contribution in [3.8, 4) is 0 Å². The third kappa shape index (κ3) is 49.7. The second kappa shape index (κ2) is 16.0. The summed E-state index contributed by atoms with van der Waals surface area (Å²) in [5, 5.41) is 21.5. The van der Waals surface area contributed by atoms with Crippen LogP contribution >= 0.6 is 0 Å². The van der Waals surface area contributed by atoms with Crippen LogP contribution in [0.25, 0.3) is 0 Å². The van der Waals surface area contributed by atoms with Gasteiger partial charge in [-0.25, -0.2) is 0 Å². The molecule has 0 aromatic rings. The van der Waals surface area contributed by atoms with Crippen LogP contribution in [0.2, 0.25) is 0 Å². The zero-order valence-electron chi connectivity index (χ0n) is 3.93. The van der Waals surface area contributed by atoms with Gasteiger partial charge in [0.1, 0.15) is 0 Å². The second-order valence-electron chi connectivity index (χ2n) is 0.346. The van der Waals surface area contributed by atoms with E-state index in [1.54, 1.807) is 0 Å². The fraction of sp³-hybridized carbons (Fsp3) is 0. The zero-order valence-corrected chi connectivity index (χ0v) is 9.62. The maximum absolute atomic E-state index is 7.17. The number of hydrogen-bond donors (Lipinski definition) is 3. The monoisotopic (exact) mass is 232 g/mol. The van der Waals surface area contributed by atoms with Crippen molar-refractivity contribution in [3.05, 3.63) is 0 Å². The Morgan fingerprint density at radius 2 is 1.00 bits per heavy atom. The molecule has 0 amide bonds. The molecule has 7 heteroatoms. The minimum Gasteiger partial charge on any atom is -0.402 e. The van der Waals surface area contributed by atoms with Crippen LogP contribution in [0, 0.1) is 0 Å². The molecular formula is H3AgBCaNaO3+4. The van der Waals surface area contributed by atoms with Gasteiger partial charge in [-0.15, -0.1) is 0 Å². The second-order valence-corrected chi connectivity index (χ2v) is 0.346. The Bertz CT molecular complexity index is 19.7. The minimum atomic E-state index is -2.17. The molecule has 0 atom stereocenters. The van der Waals surface area contributed by atoms with Crippen molar-refractivity contribution in [1.29, 1.82) is 0 Å². The summed E-state index contributed by atoms with van der Waals surface area (Å²) in [6, 6.07) is 0. The van der Waals surface area contributed by atoms with Crippen LogP contribution in [0.5, 0.6) is 0 Å². The van der Waals surface area contributed by atoms with E-state index in [0.717, 1.165) is 0 Å². The van der Waals surface area contributed by atoms with E-state index >= 15 is 0 Å². The standard InChI is InChI=1S/Ag.BH3O3.Ca.Na/c;2-1(3)4;;/h;2-4H;;/q+1;;+2;+1.